The molecule has 4 rings (SSSR count). The number of aromatic nitrogens is 1. The number of aliphatic carboxylic acids is 1. The first kappa shape index (κ1) is 44.5. The summed E-state index contributed by atoms with van der Waals surface area (Å²) in [7, 11) is 0. The molecule has 0 bridgehead atoms. The molecule has 16 nitrogen and oxygen atoms in total. The third-order valence-electron chi connectivity index (χ3n) is 9.08. The predicted octanol–water partition coefficient (Wildman–Crippen LogP) is 5.33. The van der Waals surface area contributed by atoms with Gasteiger partial charge in [-0.2, -0.15) is 0 Å². The number of rotatable bonds is 28. The monoisotopic (exact) mass is 789 g/mol. The number of nitrogens with one attached hydrogen (secondary N) is 3. The number of carbonyl (C=O) groups excluding carboxylic acids is 2. The van der Waals surface area contributed by atoms with Crippen molar-refractivity contribution < 1.29 is 43.2 Å². The first-order valence-electron chi connectivity index (χ1n) is 19.5. The van der Waals surface area contributed by atoms with Crippen LogP contribution in [0, 0.1) is 6.92 Å². The Balaban J connectivity index is 1.18. The second-order valence-electron chi connectivity index (χ2n) is 13.4. The van der Waals surface area contributed by atoms with Gasteiger partial charge in [-0.05, 0) is 96.1 Å². The zero-order chi connectivity index (χ0) is 40.5. The average Bonchev–Trinajstić information content (AvgIpc) is 3.21. The van der Waals surface area contributed by atoms with Crippen molar-refractivity contribution in [1.29, 1.82) is 0 Å². The Morgan fingerprint density at radius 1 is 0.860 bits per heavy atom. The molecule has 1 aliphatic carbocycles. The number of ether oxygens (including phenoxy) is 5. The van der Waals surface area contributed by atoms with Crippen molar-refractivity contribution in [2.45, 2.75) is 57.9 Å². The number of nitrogens with zero attached hydrogens (tertiary/aromatic N) is 4. The van der Waals surface area contributed by atoms with Crippen molar-refractivity contribution in [3.63, 3.8) is 0 Å². The molecule has 1 unspecified atom stereocenters. The highest BCUT2D eigenvalue weighted by Crippen LogP contribution is 2.37. The lowest BCUT2D eigenvalue weighted by Gasteiger charge is -2.23. The van der Waals surface area contributed by atoms with E-state index in [1.54, 1.807) is 6.20 Å². The van der Waals surface area contributed by atoms with Crippen LogP contribution in [0.2, 0.25) is 0 Å². The third-order valence-corrected chi connectivity index (χ3v) is 9.08. The zero-order valence-electron chi connectivity index (χ0n) is 32.7. The highest BCUT2D eigenvalue weighted by Gasteiger charge is 2.21. The largest absolute Gasteiger partial charge is 0.491 e. The fourth-order valence-electron chi connectivity index (χ4n) is 6.30. The topological polar surface area (TPSA) is 215 Å². The van der Waals surface area contributed by atoms with Crippen molar-refractivity contribution >= 4 is 23.6 Å². The van der Waals surface area contributed by atoms with Gasteiger partial charge in [0.1, 0.15) is 18.2 Å². The third kappa shape index (κ3) is 16.8. The van der Waals surface area contributed by atoms with Crippen LogP contribution in [0.3, 0.4) is 0 Å². The molecule has 3 aromatic rings. The van der Waals surface area contributed by atoms with Gasteiger partial charge in [0, 0.05) is 30.6 Å². The normalized spacial score (nSPS) is 12.5. The number of aryl methyl sites for hydroxylation is 1. The molecule has 0 radical (unpaired) electrons. The molecular weight excluding hydrogens is 734 g/mol. The van der Waals surface area contributed by atoms with Gasteiger partial charge < -0.3 is 44.7 Å². The Bertz CT molecular complexity index is 1750. The number of pyridine rings is 1. The molecule has 4 N–H and O–H groups in total. The van der Waals surface area contributed by atoms with Gasteiger partial charge in [-0.25, -0.2) is 4.98 Å². The fourth-order valence-corrected chi connectivity index (χ4v) is 6.30. The van der Waals surface area contributed by atoms with Crippen molar-refractivity contribution in [3.8, 4) is 16.9 Å². The van der Waals surface area contributed by atoms with Gasteiger partial charge in [0.15, 0.2) is 0 Å². The number of amides is 2. The smallest absolute Gasteiger partial charge is 0.305 e. The quantitative estimate of drug-likeness (QED) is 0.0319. The highest BCUT2D eigenvalue weighted by atomic mass is 16.6. The molecule has 0 saturated heterocycles. The SMILES string of the molecule is Cc1ccnc(NCCCC(=O)NCC(=O)NC(CC(=O)O)c2ccc(-c3ccc(OCCOCCOCCOCCOCCN=[N+]=[N-])c4c3CCCC4)cc2)c1. The van der Waals surface area contributed by atoms with Crippen molar-refractivity contribution in [1.82, 2.24) is 15.6 Å². The number of fused-ring (bicyclic) bond motifs is 1. The van der Waals surface area contributed by atoms with Crippen LogP contribution in [0.25, 0.3) is 21.6 Å². The summed E-state index contributed by atoms with van der Waals surface area (Å²) < 4.78 is 28.1. The summed E-state index contributed by atoms with van der Waals surface area (Å²) in [6.07, 6.45) is 6.20. The van der Waals surface area contributed by atoms with E-state index in [9.17, 15) is 19.5 Å². The first-order chi connectivity index (χ1) is 27.8. The first-order valence-corrected chi connectivity index (χ1v) is 19.5. The number of benzene rings is 2. The Kier molecular flexibility index (Phi) is 20.1. The van der Waals surface area contributed by atoms with E-state index in [2.05, 4.69) is 37.0 Å². The molecule has 0 aliphatic heterocycles. The van der Waals surface area contributed by atoms with Gasteiger partial charge in [0.05, 0.1) is 71.9 Å². The molecule has 16 heteroatoms. The summed E-state index contributed by atoms with van der Waals surface area (Å²) in [5, 5.41) is 21.6. The summed E-state index contributed by atoms with van der Waals surface area (Å²) in [4.78, 5) is 43.8. The fraction of sp³-hybridized carbons (Fsp3) is 0.512. The van der Waals surface area contributed by atoms with Crippen LogP contribution in [0.15, 0.2) is 59.8 Å². The standard InChI is InChI=1S/C41H55N7O9/c1-30-14-16-44-38(27-30)43-15-4-7-39(49)45-29-40(50)47-36(28-41(51)52)32-10-8-31(9-11-32)33-12-13-37(35-6-3-2-5-34(33)35)57-26-25-56-24-23-55-22-21-54-20-19-53-18-17-46-48-42/h8-14,16,27,36H,2-7,15,17-26,28-29H2,1H3,(H,43,44)(H,45,49)(H,47,50)(H,51,52). The number of azide groups is 1. The van der Waals surface area contributed by atoms with E-state index in [4.69, 9.17) is 29.2 Å². The Morgan fingerprint density at radius 2 is 1.53 bits per heavy atom. The van der Waals surface area contributed by atoms with Crippen LogP contribution in [0.4, 0.5) is 5.82 Å². The van der Waals surface area contributed by atoms with Crippen LogP contribution in [-0.2, 0) is 46.2 Å². The summed E-state index contributed by atoms with van der Waals surface area (Å²) in [6.45, 7) is 6.47. The number of carboxylic acid groups (broad SMARTS) is 1. The summed E-state index contributed by atoms with van der Waals surface area (Å²) in [5.41, 5.74) is 14.5. The van der Waals surface area contributed by atoms with Crippen LogP contribution in [0.5, 0.6) is 5.75 Å². The molecule has 2 aromatic carbocycles. The molecule has 0 spiro atoms. The Labute approximate surface area is 333 Å². The summed E-state index contributed by atoms with van der Waals surface area (Å²) in [5.74, 6) is -0.181. The van der Waals surface area contributed by atoms with Gasteiger partial charge in [-0.3, -0.25) is 14.4 Å². The molecule has 1 atom stereocenters. The number of carboxylic acids is 1. The average molecular weight is 790 g/mol. The molecule has 308 valence electrons. The lowest BCUT2D eigenvalue weighted by Crippen LogP contribution is -2.39. The minimum atomic E-state index is -1.05. The Hall–Kier alpha value is -5.25. The van der Waals surface area contributed by atoms with E-state index >= 15 is 0 Å². The van der Waals surface area contributed by atoms with Crippen LogP contribution >= 0.6 is 0 Å². The molecule has 1 aromatic heterocycles. The maximum Gasteiger partial charge on any atom is 0.305 e. The van der Waals surface area contributed by atoms with Crippen molar-refractivity contribution in [2.75, 3.05) is 84.4 Å². The molecule has 1 aliphatic rings. The van der Waals surface area contributed by atoms with E-state index in [-0.39, 0.29) is 25.3 Å². The van der Waals surface area contributed by atoms with Gasteiger partial charge in [-0.15, -0.1) is 0 Å². The van der Waals surface area contributed by atoms with E-state index in [0.717, 1.165) is 53.9 Å². The molecule has 0 saturated carbocycles. The maximum absolute atomic E-state index is 12.8. The number of anilines is 1. The molecular formula is C41H55N7O9. The lowest BCUT2D eigenvalue weighted by atomic mass is 9.85. The molecule has 0 fully saturated rings. The van der Waals surface area contributed by atoms with Crippen LogP contribution in [0.1, 0.15) is 60.4 Å². The minimum Gasteiger partial charge on any atom is -0.491 e. The van der Waals surface area contributed by atoms with E-state index < -0.39 is 17.9 Å². The Morgan fingerprint density at radius 3 is 2.19 bits per heavy atom. The van der Waals surface area contributed by atoms with E-state index in [1.165, 1.54) is 11.1 Å². The summed E-state index contributed by atoms with van der Waals surface area (Å²) >= 11 is 0. The molecule has 2 amide bonds. The zero-order valence-corrected chi connectivity index (χ0v) is 32.7. The van der Waals surface area contributed by atoms with Crippen molar-refractivity contribution in [3.05, 3.63) is 87.4 Å². The second-order valence-corrected chi connectivity index (χ2v) is 13.4. The van der Waals surface area contributed by atoms with Gasteiger partial charge in [0.25, 0.3) is 0 Å². The number of carbonyl (C=O) groups is 3. The highest BCUT2D eigenvalue weighted by molar-refractivity contribution is 5.85. The van der Waals surface area contributed by atoms with Gasteiger partial charge in [0.2, 0.25) is 11.8 Å². The maximum atomic E-state index is 12.8. The second kappa shape index (κ2) is 25.8. The van der Waals surface area contributed by atoms with E-state index in [0.29, 0.717) is 84.5 Å². The van der Waals surface area contributed by atoms with Gasteiger partial charge in [-0.1, -0.05) is 35.4 Å². The predicted molar refractivity (Wildman–Crippen MR) is 214 cm³/mol. The summed E-state index contributed by atoms with van der Waals surface area (Å²) in [6, 6.07) is 14.7. The lowest BCUT2D eigenvalue weighted by molar-refractivity contribution is -0.138. The number of hydrogen-bond acceptors (Lipinski definition) is 11. The molecule has 57 heavy (non-hydrogen) atoms. The minimum absolute atomic E-state index is 0.230. The van der Waals surface area contributed by atoms with Crippen molar-refractivity contribution in [2.24, 2.45) is 5.11 Å². The number of hydrogen-bond donors (Lipinski definition) is 4. The van der Waals surface area contributed by atoms with Crippen LogP contribution in [-0.4, -0.2) is 107 Å². The van der Waals surface area contributed by atoms with Crippen LogP contribution < -0.4 is 20.7 Å². The van der Waals surface area contributed by atoms with Gasteiger partial charge >= 0.3 is 5.97 Å². The molecule has 1 heterocycles. The van der Waals surface area contributed by atoms with E-state index in [1.807, 2.05) is 49.4 Å².